The number of nitrogens with zero attached hydrogens (tertiary/aromatic N) is 1. The van der Waals surface area contributed by atoms with Crippen molar-refractivity contribution < 1.29 is 23.9 Å². The summed E-state index contributed by atoms with van der Waals surface area (Å²) in [5.74, 6) is -1.79. The number of nitrogens with one attached hydrogen (secondary N) is 2. The Hall–Kier alpha value is -3.88. The van der Waals surface area contributed by atoms with Crippen LogP contribution in [0.1, 0.15) is 75.8 Å². The van der Waals surface area contributed by atoms with Crippen LogP contribution in [0.2, 0.25) is 0 Å². The number of amides is 4. The highest BCUT2D eigenvalue weighted by Crippen LogP contribution is 2.28. The minimum absolute atomic E-state index is 0.199. The minimum atomic E-state index is -1.31. The number of benzene rings is 2. The van der Waals surface area contributed by atoms with Gasteiger partial charge in [0.1, 0.15) is 17.7 Å². The summed E-state index contributed by atoms with van der Waals surface area (Å²) in [7, 11) is 0. The number of alkyl carbamates (subject to hydrolysis) is 1. The number of carbonyl (C=O) groups excluding carboxylic acids is 4. The Bertz CT molecular complexity index is 1150. The van der Waals surface area contributed by atoms with E-state index in [4.69, 9.17) is 10.5 Å². The molecule has 0 aliphatic carbocycles. The van der Waals surface area contributed by atoms with Crippen LogP contribution in [0.25, 0.3) is 0 Å². The van der Waals surface area contributed by atoms with Gasteiger partial charge in [0.15, 0.2) is 0 Å². The van der Waals surface area contributed by atoms with Crippen LogP contribution in [0.3, 0.4) is 0 Å². The number of hydrogen-bond donors (Lipinski definition) is 3. The van der Waals surface area contributed by atoms with E-state index in [9.17, 15) is 19.2 Å². The fourth-order valence-electron chi connectivity index (χ4n) is 4.27. The maximum atomic E-state index is 14.0. The summed E-state index contributed by atoms with van der Waals surface area (Å²) in [5.41, 5.74) is 8.75. The maximum absolute atomic E-state index is 14.0. The standard InChI is InChI=1S/C30H42N4O5/c1-8-17-34(28(37)23(18-24(31)35)32-29(38)39-30(5,6)7)26(22-15-13-21(9-2)14-16-22)27(36)33-25-19(3)11-10-12-20(25)4/h10-16,23,26H,8-9,17-18H2,1-7H3,(H2,31,35)(H,32,38)(H,33,36). The van der Waals surface area contributed by atoms with Gasteiger partial charge in [-0.3, -0.25) is 14.4 Å². The summed E-state index contributed by atoms with van der Waals surface area (Å²) in [6.45, 7) is 13.0. The molecule has 0 aliphatic rings. The molecular weight excluding hydrogens is 496 g/mol. The molecular formula is C30H42N4O5. The maximum Gasteiger partial charge on any atom is 0.408 e. The summed E-state index contributed by atoms with van der Waals surface area (Å²) < 4.78 is 5.31. The Labute approximate surface area is 231 Å². The first kappa shape index (κ1) is 31.3. The van der Waals surface area contributed by atoms with Crippen molar-refractivity contribution in [2.75, 3.05) is 11.9 Å². The molecule has 4 amide bonds. The second-order valence-corrected chi connectivity index (χ2v) is 10.7. The van der Waals surface area contributed by atoms with Gasteiger partial charge in [-0.2, -0.15) is 0 Å². The zero-order valence-corrected chi connectivity index (χ0v) is 24.1. The highest BCUT2D eigenvalue weighted by molar-refractivity contribution is 6.00. The molecule has 0 heterocycles. The van der Waals surface area contributed by atoms with Crippen LogP contribution in [0, 0.1) is 13.8 Å². The van der Waals surface area contributed by atoms with Gasteiger partial charge in [-0.15, -0.1) is 0 Å². The number of nitrogens with two attached hydrogens (primary N) is 1. The fourth-order valence-corrected chi connectivity index (χ4v) is 4.27. The zero-order valence-electron chi connectivity index (χ0n) is 24.1. The number of primary amides is 1. The van der Waals surface area contributed by atoms with E-state index in [-0.39, 0.29) is 6.54 Å². The first-order valence-electron chi connectivity index (χ1n) is 13.3. The van der Waals surface area contributed by atoms with E-state index >= 15 is 0 Å². The lowest BCUT2D eigenvalue weighted by atomic mass is 9.99. The molecule has 2 aromatic carbocycles. The van der Waals surface area contributed by atoms with Gasteiger partial charge in [0.2, 0.25) is 11.8 Å². The third-order valence-electron chi connectivity index (χ3n) is 6.14. The number of carbonyl (C=O) groups is 4. The molecule has 0 spiro atoms. The molecule has 4 N–H and O–H groups in total. The monoisotopic (exact) mass is 538 g/mol. The molecule has 0 saturated heterocycles. The average Bonchev–Trinajstić information content (AvgIpc) is 2.84. The van der Waals surface area contributed by atoms with Crippen LogP contribution in [0.4, 0.5) is 10.5 Å². The van der Waals surface area contributed by atoms with Crippen LogP contribution >= 0.6 is 0 Å². The molecule has 9 nitrogen and oxygen atoms in total. The Morgan fingerprint density at radius 1 is 0.974 bits per heavy atom. The lowest BCUT2D eigenvalue weighted by Crippen LogP contribution is -2.53. The highest BCUT2D eigenvalue weighted by Gasteiger charge is 2.37. The first-order chi connectivity index (χ1) is 18.3. The Kier molecular flexibility index (Phi) is 11.1. The molecule has 0 aromatic heterocycles. The Morgan fingerprint density at radius 2 is 1.56 bits per heavy atom. The normalized spacial score (nSPS) is 12.7. The van der Waals surface area contributed by atoms with Gasteiger partial charge in [0.25, 0.3) is 5.91 Å². The summed E-state index contributed by atoms with van der Waals surface area (Å²) in [4.78, 5) is 53.8. The quantitative estimate of drug-likeness (QED) is 0.386. The molecule has 0 fully saturated rings. The fraction of sp³-hybridized carbons (Fsp3) is 0.467. The molecule has 9 heteroatoms. The van der Waals surface area contributed by atoms with Crippen molar-refractivity contribution in [1.82, 2.24) is 10.2 Å². The van der Waals surface area contributed by atoms with Gasteiger partial charge >= 0.3 is 6.09 Å². The van der Waals surface area contributed by atoms with Crippen LogP contribution < -0.4 is 16.4 Å². The van der Waals surface area contributed by atoms with Crippen molar-refractivity contribution in [3.05, 3.63) is 64.7 Å². The molecule has 212 valence electrons. The molecule has 2 aromatic rings. The number of hydrogen-bond acceptors (Lipinski definition) is 5. The van der Waals surface area contributed by atoms with Crippen molar-refractivity contribution in [3.63, 3.8) is 0 Å². The predicted octanol–water partition coefficient (Wildman–Crippen LogP) is 4.55. The van der Waals surface area contributed by atoms with Gasteiger partial charge in [-0.05, 0) is 69.7 Å². The van der Waals surface area contributed by atoms with Crippen molar-refractivity contribution >= 4 is 29.5 Å². The third-order valence-corrected chi connectivity index (χ3v) is 6.14. The third kappa shape index (κ3) is 9.12. The SMILES string of the molecule is CCCN(C(=O)C(CC(N)=O)NC(=O)OC(C)(C)C)C(C(=O)Nc1c(C)cccc1C)c1ccc(CC)cc1. The summed E-state index contributed by atoms with van der Waals surface area (Å²) in [6.07, 6.45) is 0.0415. The minimum Gasteiger partial charge on any atom is -0.444 e. The van der Waals surface area contributed by atoms with Crippen LogP contribution in [-0.2, 0) is 25.5 Å². The van der Waals surface area contributed by atoms with Gasteiger partial charge in [-0.25, -0.2) is 4.79 Å². The van der Waals surface area contributed by atoms with Crippen molar-refractivity contribution in [1.29, 1.82) is 0 Å². The van der Waals surface area contributed by atoms with Crippen LogP contribution in [0.5, 0.6) is 0 Å². The Balaban J connectivity index is 2.55. The summed E-state index contributed by atoms with van der Waals surface area (Å²) >= 11 is 0. The lowest BCUT2D eigenvalue weighted by Gasteiger charge is -2.34. The first-order valence-corrected chi connectivity index (χ1v) is 13.3. The largest absolute Gasteiger partial charge is 0.444 e. The number of ether oxygens (including phenoxy) is 1. The van der Waals surface area contributed by atoms with E-state index in [1.54, 1.807) is 20.8 Å². The highest BCUT2D eigenvalue weighted by atomic mass is 16.6. The van der Waals surface area contributed by atoms with Gasteiger partial charge < -0.3 is 26.0 Å². The van der Waals surface area contributed by atoms with Crippen LogP contribution in [0.15, 0.2) is 42.5 Å². The molecule has 0 bridgehead atoms. The van der Waals surface area contributed by atoms with E-state index < -0.39 is 47.9 Å². The summed E-state index contributed by atoms with van der Waals surface area (Å²) in [5, 5.41) is 5.50. The Morgan fingerprint density at radius 3 is 2.05 bits per heavy atom. The van der Waals surface area contributed by atoms with Crippen molar-refractivity contribution in [3.8, 4) is 0 Å². The number of rotatable bonds is 11. The van der Waals surface area contributed by atoms with Crippen LogP contribution in [-0.4, -0.2) is 46.9 Å². The van der Waals surface area contributed by atoms with E-state index in [0.29, 0.717) is 17.7 Å². The predicted molar refractivity (Wildman–Crippen MR) is 152 cm³/mol. The van der Waals surface area contributed by atoms with Gasteiger partial charge in [0, 0.05) is 12.2 Å². The molecule has 39 heavy (non-hydrogen) atoms. The summed E-state index contributed by atoms with van der Waals surface area (Å²) in [6, 6.07) is 10.9. The smallest absolute Gasteiger partial charge is 0.408 e. The van der Waals surface area contributed by atoms with E-state index in [1.165, 1.54) is 4.90 Å². The molecule has 2 rings (SSSR count). The van der Waals surface area contributed by atoms with E-state index in [2.05, 4.69) is 10.6 Å². The molecule has 0 radical (unpaired) electrons. The van der Waals surface area contributed by atoms with Gasteiger partial charge in [0.05, 0.1) is 6.42 Å². The number of para-hydroxylation sites is 1. The van der Waals surface area contributed by atoms with Crippen molar-refractivity contribution in [2.45, 2.75) is 85.4 Å². The topological polar surface area (TPSA) is 131 Å². The average molecular weight is 539 g/mol. The molecule has 0 saturated carbocycles. The van der Waals surface area contributed by atoms with E-state index in [1.807, 2.05) is 70.2 Å². The zero-order chi connectivity index (χ0) is 29.3. The number of anilines is 1. The van der Waals surface area contributed by atoms with Crippen molar-refractivity contribution in [2.24, 2.45) is 5.73 Å². The molecule has 2 unspecified atom stereocenters. The molecule has 0 aliphatic heterocycles. The second-order valence-electron chi connectivity index (χ2n) is 10.7. The van der Waals surface area contributed by atoms with E-state index in [0.717, 1.165) is 23.1 Å². The number of aryl methyl sites for hydroxylation is 3. The lowest BCUT2D eigenvalue weighted by molar-refractivity contribution is -0.141. The van der Waals surface area contributed by atoms with Gasteiger partial charge in [-0.1, -0.05) is 56.3 Å². The molecule has 2 atom stereocenters. The second kappa shape index (κ2) is 13.8.